The summed E-state index contributed by atoms with van der Waals surface area (Å²) >= 11 is 1.33. The van der Waals surface area contributed by atoms with E-state index in [2.05, 4.69) is 30.6 Å². The number of alkyl halides is 3. The number of anilines is 2. The number of amides is 2. The summed E-state index contributed by atoms with van der Waals surface area (Å²) < 4.78 is 39.3. The maximum atomic E-state index is 13.1. The van der Waals surface area contributed by atoms with E-state index in [1.807, 2.05) is 0 Å². The predicted octanol–water partition coefficient (Wildman–Crippen LogP) is 3.85. The molecule has 1 aromatic rings. The summed E-state index contributed by atoms with van der Waals surface area (Å²) in [5.41, 5.74) is 0. The van der Waals surface area contributed by atoms with Crippen LogP contribution in [0.1, 0.15) is 51.4 Å². The Morgan fingerprint density at radius 1 is 1.00 bits per heavy atom. The number of carbonyl (C=O) groups excluding carboxylic acids is 1. The summed E-state index contributed by atoms with van der Waals surface area (Å²) in [4.78, 5) is 16.4. The molecule has 168 valence electrons. The second kappa shape index (κ2) is 9.25. The molecule has 0 spiro atoms. The Hall–Kier alpha value is -1.62. The molecule has 3 fully saturated rings. The minimum absolute atomic E-state index is 0.0125. The number of halogens is 3. The van der Waals surface area contributed by atoms with Crippen molar-refractivity contribution in [2.24, 2.45) is 5.92 Å². The molecular weight excluding hydrogens is 417 g/mol. The van der Waals surface area contributed by atoms with Gasteiger partial charge in [-0.3, -0.25) is 10.2 Å². The first-order valence-corrected chi connectivity index (χ1v) is 11.7. The molecule has 3 aliphatic rings. The molecule has 1 saturated heterocycles. The van der Waals surface area contributed by atoms with Gasteiger partial charge >= 0.3 is 12.2 Å². The number of carbonyl (C=O) groups is 1. The fourth-order valence-corrected chi connectivity index (χ4v) is 5.65. The van der Waals surface area contributed by atoms with E-state index in [1.165, 1.54) is 11.3 Å². The van der Waals surface area contributed by atoms with Crippen molar-refractivity contribution < 1.29 is 18.0 Å². The van der Waals surface area contributed by atoms with E-state index in [0.29, 0.717) is 24.6 Å². The van der Waals surface area contributed by atoms with Crippen LogP contribution in [0.4, 0.5) is 28.2 Å². The van der Waals surface area contributed by atoms with Gasteiger partial charge in [-0.05, 0) is 32.1 Å². The number of aromatic nitrogens is 2. The third-order valence-corrected chi connectivity index (χ3v) is 7.44. The van der Waals surface area contributed by atoms with E-state index in [4.69, 9.17) is 0 Å². The standard InChI is InChI=1S/C19H29F3N6OS/c20-19(21,22)13-4-3-7-15(12-13)27-8-10-28(11-9-27)18-26-25-17(30-18)24-16(29)23-14-5-1-2-6-14/h13-15H,1-12H2,(H2,23,24,25,29). The van der Waals surface area contributed by atoms with Gasteiger partial charge in [-0.2, -0.15) is 13.2 Å². The number of urea groups is 1. The van der Waals surface area contributed by atoms with Crippen molar-refractivity contribution >= 4 is 27.6 Å². The molecule has 0 radical (unpaired) electrons. The van der Waals surface area contributed by atoms with Gasteiger partial charge in [-0.1, -0.05) is 30.6 Å². The molecule has 30 heavy (non-hydrogen) atoms. The second-order valence-corrected chi connectivity index (χ2v) is 9.51. The Kier molecular flexibility index (Phi) is 6.66. The van der Waals surface area contributed by atoms with Crippen LogP contribution in [-0.4, -0.2) is 65.6 Å². The zero-order valence-corrected chi connectivity index (χ0v) is 17.8. The maximum absolute atomic E-state index is 13.1. The SMILES string of the molecule is O=C(Nc1nnc(N2CCN(C3CCCC(C(F)(F)F)C3)CC2)s1)NC1CCCC1. The van der Waals surface area contributed by atoms with Gasteiger partial charge in [-0.15, -0.1) is 10.2 Å². The van der Waals surface area contributed by atoms with Crippen molar-refractivity contribution in [1.82, 2.24) is 20.4 Å². The highest BCUT2D eigenvalue weighted by molar-refractivity contribution is 7.19. The summed E-state index contributed by atoms with van der Waals surface area (Å²) in [5, 5.41) is 15.2. The summed E-state index contributed by atoms with van der Waals surface area (Å²) in [5.74, 6) is -1.17. The summed E-state index contributed by atoms with van der Waals surface area (Å²) in [6.07, 6.45) is 2.21. The minimum Gasteiger partial charge on any atom is -0.344 e. The molecule has 2 aliphatic carbocycles. The number of hydrogen-bond acceptors (Lipinski definition) is 6. The molecule has 2 amide bonds. The van der Waals surface area contributed by atoms with Gasteiger partial charge in [-0.25, -0.2) is 4.79 Å². The van der Waals surface area contributed by atoms with Crippen LogP contribution in [-0.2, 0) is 0 Å². The van der Waals surface area contributed by atoms with Gasteiger partial charge in [0.1, 0.15) is 0 Å². The first kappa shape index (κ1) is 21.6. The molecule has 4 rings (SSSR count). The van der Waals surface area contributed by atoms with Crippen molar-refractivity contribution in [2.75, 3.05) is 36.4 Å². The van der Waals surface area contributed by atoms with Crippen LogP contribution in [0, 0.1) is 5.92 Å². The van der Waals surface area contributed by atoms with E-state index in [1.54, 1.807) is 0 Å². The quantitative estimate of drug-likeness (QED) is 0.735. The average molecular weight is 447 g/mol. The predicted molar refractivity (Wildman–Crippen MR) is 110 cm³/mol. The van der Waals surface area contributed by atoms with Gasteiger partial charge < -0.3 is 10.2 Å². The minimum atomic E-state index is -4.08. The van der Waals surface area contributed by atoms with Crippen molar-refractivity contribution in [3.8, 4) is 0 Å². The molecule has 2 saturated carbocycles. The van der Waals surface area contributed by atoms with Crippen molar-refractivity contribution in [2.45, 2.75) is 69.6 Å². The molecule has 2 atom stereocenters. The number of nitrogens with zero attached hydrogens (tertiary/aromatic N) is 4. The maximum Gasteiger partial charge on any atom is 0.391 e. The van der Waals surface area contributed by atoms with E-state index in [0.717, 1.165) is 50.3 Å². The smallest absolute Gasteiger partial charge is 0.344 e. The van der Waals surface area contributed by atoms with Crippen LogP contribution >= 0.6 is 11.3 Å². The molecule has 7 nitrogen and oxygen atoms in total. The highest BCUT2D eigenvalue weighted by Crippen LogP contribution is 2.39. The van der Waals surface area contributed by atoms with Crippen LogP contribution in [0.2, 0.25) is 0 Å². The zero-order chi connectivity index (χ0) is 21.1. The molecule has 0 bridgehead atoms. The lowest BCUT2D eigenvalue weighted by atomic mass is 9.84. The Labute approximate surface area is 178 Å². The Balaban J connectivity index is 1.25. The van der Waals surface area contributed by atoms with Crippen LogP contribution in [0.15, 0.2) is 0 Å². The first-order valence-electron chi connectivity index (χ1n) is 10.9. The molecule has 0 aromatic carbocycles. The van der Waals surface area contributed by atoms with E-state index >= 15 is 0 Å². The van der Waals surface area contributed by atoms with Crippen molar-refractivity contribution in [3.63, 3.8) is 0 Å². The highest BCUT2D eigenvalue weighted by atomic mass is 32.1. The lowest BCUT2D eigenvalue weighted by molar-refractivity contribution is -0.186. The van der Waals surface area contributed by atoms with Crippen LogP contribution < -0.4 is 15.5 Å². The number of piperazine rings is 1. The van der Waals surface area contributed by atoms with Crippen molar-refractivity contribution in [3.05, 3.63) is 0 Å². The highest BCUT2D eigenvalue weighted by Gasteiger charge is 2.43. The number of nitrogens with one attached hydrogen (secondary N) is 2. The Morgan fingerprint density at radius 3 is 2.43 bits per heavy atom. The van der Waals surface area contributed by atoms with Crippen LogP contribution in [0.25, 0.3) is 0 Å². The topological polar surface area (TPSA) is 73.4 Å². The van der Waals surface area contributed by atoms with Gasteiger partial charge in [0.15, 0.2) is 0 Å². The monoisotopic (exact) mass is 446 g/mol. The third-order valence-electron chi connectivity index (χ3n) is 6.54. The normalized spacial score (nSPS) is 26.7. The molecule has 1 aromatic heterocycles. The summed E-state index contributed by atoms with van der Waals surface area (Å²) in [6, 6.07) is 0.00610. The lowest BCUT2D eigenvalue weighted by Gasteiger charge is -2.42. The van der Waals surface area contributed by atoms with Gasteiger partial charge in [0.2, 0.25) is 10.3 Å². The third kappa shape index (κ3) is 5.35. The molecule has 11 heteroatoms. The lowest BCUT2D eigenvalue weighted by Crippen LogP contribution is -2.52. The van der Waals surface area contributed by atoms with Gasteiger partial charge in [0.25, 0.3) is 0 Å². The Bertz CT molecular complexity index is 715. The zero-order valence-electron chi connectivity index (χ0n) is 17.0. The second-order valence-electron chi connectivity index (χ2n) is 8.55. The van der Waals surface area contributed by atoms with E-state index in [-0.39, 0.29) is 31.0 Å². The van der Waals surface area contributed by atoms with Crippen LogP contribution in [0.5, 0.6) is 0 Å². The fourth-order valence-electron chi connectivity index (χ4n) is 4.85. The summed E-state index contributed by atoms with van der Waals surface area (Å²) in [6.45, 7) is 2.85. The number of rotatable bonds is 4. The van der Waals surface area contributed by atoms with Crippen molar-refractivity contribution in [1.29, 1.82) is 0 Å². The van der Waals surface area contributed by atoms with Gasteiger partial charge in [0, 0.05) is 38.3 Å². The largest absolute Gasteiger partial charge is 0.391 e. The average Bonchev–Trinajstić information content (AvgIpc) is 3.40. The van der Waals surface area contributed by atoms with E-state index in [9.17, 15) is 18.0 Å². The van der Waals surface area contributed by atoms with Gasteiger partial charge in [0.05, 0.1) is 5.92 Å². The van der Waals surface area contributed by atoms with E-state index < -0.39 is 12.1 Å². The first-order chi connectivity index (χ1) is 14.4. The fraction of sp³-hybridized carbons (Fsp3) is 0.842. The Morgan fingerprint density at radius 2 is 1.73 bits per heavy atom. The molecule has 2 heterocycles. The molecule has 1 aliphatic heterocycles. The number of hydrogen-bond donors (Lipinski definition) is 2. The molecule has 2 N–H and O–H groups in total. The molecular formula is C19H29F3N6OS. The molecule has 2 unspecified atom stereocenters. The summed E-state index contributed by atoms with van der Waals surface area (Å²) in [7, 11) is 0. The van der Waals surface area contributed by atoms with Crippen LogP contribution in [0.3, 0.4) is 0 Å².